The molecule has 1 amide bonds. The SMILES string of the molecule is CC(C)c1nnc(C(C)NC(=O)c2cnco2)o1. The minimum atomic E-state index is -0.386. The van der Waals surface area contributed by atoms with Gasteiger partial charge in [-0.05, 0) is 6.92 Å². The molecule has 1 unspecified atom stereocenters. The molecule has 0 aromatic carbocycles. The summed E-state index contributed by atoms with van der Waals surface area (Å²) in [5.41, 5.74) is 0. The van der Waals surface area contributed by atoms with E-state index in [1.54, 1.807) is 6.92 Å². The van der Waals surface area contributed by atoms with Gasteiger partial charge in [0.1, 0.15) is 6.04 Å². The molecular formula is C11H14N4O3. The fraction of sp³-hybridized carbons (Fsp3) is 0.455. The number of carbonyl (C=O) groups is 1. The van der Waals surface area contributed by atoms with Crippen LogP contribution in [-0.2, 0) is 0 Å². The second-order valence-corrected chi connectivity index (χ2v) is 4.19. The third-order valence-corrected chi connectivity index (χ3v) is 2.32. The van der Waals surface area contributed by atoms with E-state index in [9.17, 15) is 4.79 Å². The van der Waals surface area contributed by atoms with E-state index in [4.69, 9.17) is 8.83 Å². The van der Waals surface area contributed by atoms with Gasteiger partial charge in [-0.3, -0.25) is 4.79 Å². The van der Waals surface area contributed by atoms with Gasteiger partial charge in [-0.2, -0.15) is 0 Å². The summed E-state index contributed by atoms with van der Waals surface area (Å²) in [7, 11) is 0. The van der Waals surface area contributed by atoms with Crippen molar-refractivity contribution in [3.05, 3.63) is 30.1 Å². The Hall–Kier alpha value is -2.18. The summed E-state index contributed by atoms with van der Waals surface area (Å²) in [5, 5.41) is 10.5. The van der Waals surface area contributed by atoms with E-state index in [0.717, 1.165) is 0 Å². The van der Waals surface area contributed by atoms with E-state index in [0.29, 0.717) is 11.8 Å². The maximum Gasteiger partial charge on any atom is 0.289 e. The average molecular weight is 250 g/mol. The fourth-order valence-corrected chi connectivity index (χ4v) is 1.31. The van der Waals surface area contributed by atoms with Crippen molar-refractivity contribution in [3.63, 3.8) is 0 Å². The van der Waals surface area contributed by atoms with Crippen molar-refractivity contribution >= 4 is 5.91 Å². The van der Waals surface area contributed by atoms with Gasteiger partial charge in [-0.1, -0.05) is 13.8 Å². The molecule has 2 rings (SSSR count). The Labute approximate surface area is 104 Å². The maximum atomic E-state index is 11.7. The van der Waals surface area contributed by atoms with Crippen molar-refractivity contribution in [3.8, 4) is 0 Å². The summed E-state index contributed by atoms with van der Waals surface area (Å²) in [6.07, 6.45) is 2.54. The van der Waals surface area contributed by atoms with E-state index in [1.165, 1.54) is 12.6 Å². The maximum absolute atomic E-state index is 11.7. The third kappa shape index (κ3) is 2.55. The van der Waals surface area contributed by atoms with Gasteiger partial charge in [0.15, 0.2) is 6.39 Å². The van der Waals surface area contributed by atoms with Gasteiger partial charge in [-0.25, -0.2) is 4.98 Å². The Bertz CT molecular complexity index is 518. The average Bonchev–Trinajstić information content (AvgIpc) is 3.00. The van der Waals surface area contributed by atoms with Crippen LogP contribution in [0, 0.1) is 0 Å². The van der Waals surface area contributed by atoms with Crippen molar-refractivity contribution in [2.45, 2.75) is 32.7 Å². The first-order chi connectivity index (χ1) is 8.58. The Morgan fingerprint density at radius 2 is 2.00 bits per heavy atom. The Morgan fingerprint density at radius 3 is 2.56 bits per heavy atom. The molecule has 0 bridgehead atoms. The summed E-state index contributed by atoms with van der Waals surface area (Å²) in [6, 6.07) is -0.386. The van der Waals surface area contributed by atoms with Crippen LogP contribution in [0.1, 0.15) is 55.1 Å². The molecule has 1 N–H and O–H groups in total. The molecule has 7 heteroatoms. The number of nitrogens with zero attached hydrogens (tertiary/aromatic N) is 3. The first-order valence-corrected chi connectivity index (χ1v) is 5.60. The number of hydrogen-bond donors (Lipinski definition) is 1. The molecule has 2 aromatic heterocycles. The van der Waals surface area contributed by atoms with Gasteiger partial charge in [0.25, 0.3) is 5.91 Å². The number of amides is 1. The van der Waals surface area contributed by atoms with Crippen molar-refractivity contribution in [2.75, 3.05) is 0 Å². The molecule has 2 aromatic rings. The van der Waals surface area contributed by atoms with Crippen LogP contribution in [0.3, 0.4) is 0 Å². The van der Waals surface area contributed by atoms with Crippen molar-refractivity contribution < 1.29 is 13.6 Å². The molecule has 1 atom stereocenters. The Balaban J connectivity index is 2.03. The lowest BCUT2D eigenvalue weighted by Gasteiger charge is -2.07. The Kier molecular flexibility index (Phi) is 3.40. The van der Waals surface area contributed by atoms with Crippen LogP contribution in [0.4, 0.5) is 0 Å². The standard InChI is InChI=1S/C11H14N4O3/c1-6(2)10-14-15-11(18-10)7(3)13-9(16)8-4-12-5-17-8/h4-7H,1-3H3,(H,13,16). The molecule has 0 spiro atoms. The summed E-state index contributed by atoms with van der Waals surface area (Å²) in [6.45, 7) is 5.66. The molecule has 18 heavy (non-hydrogen) atoms. The Morgan fingerprint density at radius 1 is 1.28 bits per heavy atom. The van der Waals surface area contributed by atoms with Gasteiger partial charge in [0, 0.05) is 5.92 Å². The lowest BCUT2D eigenvalue weighted by molar-refractivity contribution is 0.0905. The van der Waals surface area contributed by atoms with Gasteiger partial charge < -0.3 is 14.2 Å². The predicted octanol–water partition coefficient (Wildman–Crippen LogP) is 1.67. The number of rotatable bonds is 4. The van der Waals surface area contributed by atoms with Crippen LogP contribution in [-0.4, -0.2) is 21.1 Å². The molecule has 0 saturated heterocycles. The first kappa shape index (κ1) is 12.3. The van der Waals surface area contributed by atoms with Crippen molar-refractivity contribution in [1.82, 2.24) is 20.5 Å². The minimum Gasteiger partial charge on any atom is -0.438 e. The van der Waals surface area contributed by atoms with Gasteiger partial charge in [0.05, 0.1) is 6.20 Å². The second kappa shape index (κ2) is 4.99. The summed E-state index contributed by atoms with van der Waals surface area (Å²) >= 11 is 0. The zero-order valence-electron chi connectivity index (χ0n) is 10.4. The topological polar surface area (TPSA) is 94.1 Å². The molecule has 0 radical (unpaired) electrons. The first-order valence-electron chi connectivity index (χ1n) is 5.60. The molecule has 0 fully saturated rings. The zero-order chi connectivity index (χ0) is 13.1. The van der Waals surface area contributed by atoms with Crippen molar-refractivity contribution in [1.29, 1.82) is 0 Å². The van der Waals surface area contributed by atoms with Crippen molar-refractivity contribution in [2.24, 2.45) is 0 Å². The molecular weight excluding hydrogens is 236 g/mol. The highest BCUT2D eigenvalue weighted by Crippen LogP contribution is 2.16. The van der Waals surface area contributed by atoms with Gasteiger partial charge in [0.2, 0.25) is 17.5 Å². The molecule has 2 heterocycles. The number of hydrogen-bond acceptors (Lipinski definition) is 6. The summed E-state index contributed by atoms with van der Waals surface area (Å²) in [4.78, 5) is 15.4. The fourth-order valence-electron chi connectivity index (χ4n) is 1.31. The number of aromatic nitrogens is 3. The van der Waals surface area contributed by atoms with E-state index < -0.39 is 0 Å². The summed E-state index contributed by atoms with van der Waals surface area (Å²) < 4.78 is 10.3. The highest BCUT2D eigenvalue weighted by molar-refractivity contribution is 5.91. The van der Waals surface area contributed by atoms with Crippen LogP contribution in [0.2, 0.25) is 0 Å². The van der Waals surface area contributed by atoms with Gasteiger partial charge in [-0.15, -0.1) is 10.2 Å². The summed E-state index contributed by atoms with van der Waals surface area (Å²) in [5.74, 6) is 0.843. The van der Waals surface area contributed by atoms with Crippen LogP contribution < -0.4 is 5.32 Å². The predicted molar refractivity (Wildman–Crippen MR) is 60.8 cm³/mol. The second-order valence-electron chi connectivity index (χ2n) is 4.19. The van der Waals surface area contributed by atoms with Crippen LogP contribution in [0.25, 0.3) is 0 Å². The highest BCUT2D eigenvalue weighted by Gasteiger charge is 2.19. The van der Waals surface area contributed by atoms with Crippen LogP contribution in [0.5, 0.6) is 0 Å². The van der Waals surface area contributed by atoms with Crippen LogP contribution in [0.15, 0.2) is 21.4 Å². The largest absolute Gasteiger partial charge is 0.438 e. The molecule has 0 aliphatic heterocycles. The highest BCUT2D eigenvalue weighted by atomic mass is 16.4. The van der Waals surface area contributed by atoms with Crippen LogP contribution >= 0.6 is 0 Å². The molecule has 0 aliphatic rings. The van der Waals surface area contributed by atoms with E-state index in [2.05, 4.69) is 20.5 Å². The number of oxazole rings is 1. The smallest absolute Gasteiger partial charge is 0.289 e. The molecule has 0 aliphatic carbocycles. The lowest BCUT2D eigenvalue weighted by atomic mass is 10.2. The minimum absolute atomic E-state index is 0.144. The van der Waals surface area contributed by atoms with Gasteiger partial charge >= 0.3 is 0 Å². The monoisotopic (exact) mass is 250 g/mol. The lowest BCUT2D eigenvalue weighted by Crippen LogP contribution is -2.26. The molecule has 0 saturated carbocycles. The zero-order valence-corrected chi connectivity index (χ0v) is 10.4. The number of carbonyl (C=O) groups excluding carboxylic acids is 1. The van der Waals surface area contributed by atoms with E-state index in [1.807, 2.05) is 13.8 Å². The van der Waals surface area contributed by atoms with E-state index in [-0.39, 0.29) is 23.6 Å². The quantitative estimate of drug-likeness (QED) is 0.887. The normalized spacial score (nSPS) is 12.7. The third-order valence-electron chi connectivity index (χ3n) is 2.32. The molecule has 7 nitrogen and oxygen atoms in total. The van der Waals surface area contributed by atoms with E-state index >= 15 is 0 Å². The number of nitrogens with one attached hydrogen (secondary N) is 1. The molecule has 96 valence electrons.